The summed E-state index contributed by atoms with van der Waals surface area (Å²) in [4.78, 5) is 2.46. The molecule has 4 heteroatoms. The third kappa shape index (κ3) is 2.82. The molecule has 0 radical (unpaired) electrons. The largest absolute Gasteiger partial charge is 0.492 e. The summed E-state index contributed by atoms with van der Waals surface area (Å²) in [6, 6.07) is 7.57. The highest BCUT2D eigenvalue weighted by molar-refractivity contribution is 5.21. The summed E-state index contributed by atoms with van der Waals surface area (Å²) in [6.07, 6.45) is 2.61. The van der Waals surface area contributed by atoms with E-state index in [0.717, 1.165) is 25.4 Å². The Hall–Kier alpha value is -1.13. The molecule has 2 saturated heterocycles. The van der Waals surface area contributed by atoms with Crippen LogP contribution in [0.15, 0.2) is 24.3 Å². The standard InChI is InChI=1S/C14H19FN2O/c15-11-1-5-14(6-2-11)18-8-7-17-9-12-3-4-13(10-17)16-12/h1-2,5-6,12-13,16H,3-4,7-10H2. The van der Waals surface area contributed by atoms with E-state index in [1.807, 2.05) is 0 Å². The fourth-order valence-electron chi connectivity index (χ4n) is 2.89. The Kier molecular flexibility index (Phi) is 3.48. The van der Waals surface area contributed by atoms with Crippen molar-refractivity contribution in [3.8, 4) is 5.75 Å². The Balaban J connectivity index is 1.43. The smallest absolute Gasteiger partial charge is 0.123 e. The first-order valence-electron chi connectivity index (χ1n) is 6.66. The molecular weight excluding hydrogens is 231 g/mol. The average molecular weight is 250 g/mol. The fraction of sp³-hybridized carbons (Fsp3) is 0.571. The highest BCUT2D eigenvalue weighted by Gasteiger charge is 2.31. The summed E-state index contributed by atoms with van der Waals surface area (Å²) in [7, 11) is 0. The number of nitrogens with zero attached hydrogens (tertiary/aromatic N) is 1. The van der Waals surface area contributed by atoms with Crippen LogP contribution in [0.25, 0.3) is 0 Å². The van der Waals surface area contributed by atoms with E-state index >= 15 is 0 Å². The summed E-state index contributed by atoms with van der Waals surface area (Å²) < 4.78 is 18.3. The maximum Gasteiger partial charge on any atom is 0.123 e. The third-order valence-electron chi connectivity index (χ3n) is 3.78. The van der Waals surface area contributed by atoms with Crippen LogP contribution in [0.1, 0.15) is 12.8 Å². The Morgan fingerprint density at radius 1 is 1.17 bits per heavy atom. The zero-order chi connectivity index (χ0) is 12.4. The fourth-order valence-corrected chi connectivity index (χ4v) is 2.89. The molecule has 2 aliphatic rings. The predicted octanol–water partition coefficient (Wildman–Crippen LogP) is 1.64. The number of rotatable bonds is 4. The number of ether oxygens (including phenoxy) is 1. The quantitative estimate of drug-likeness (QED) is 0.879. The van der Waals surface area contributed by atoms with Gasteiger partial charge in [0.25, 0.3) is 0 Å². The molecule has 2 heterocycles. The van der Waals surface area contributed by atoms with Crippen molar-refractivity contribution in [1.29, 1.82) is 0 Å². The molecule has 0 saturated carbocycles. The lowest BCUT2D eigenvalue weighted by Crippen LogP contribution is -2.51. The molecule has 2 atom stereocenters. The van der Waals surface area contributed by atoms with E-state index in [2.05, 4.69) is 10.2 Å². The van der Waals surface area contributed by atoms with Gasteiger partial charge in [0.2, 0.25) is 0 Å². The zero-order valence-electron chi connectivity index (χ0n) is 10.4. The molecular formula is C14H19FN2O. The molecule has 0 spiro atoms. The summed E-state index contributed by atoms with van der Waals surface area (Å²) in [5, 5.41) is 3.61. The highest BCUT2D eigenvalue weighted by atomic mass is 19.1. The normalized spacial score (nSPS) is 27.4. The van der Waals surface area contributed by atoms with Crippen LogP contribution >= 0.6 is 0 Å². The van der Waals surface area contributed by atoms with Gasteiger partial charge in [0, 0.05) is 31.7 Å². The van der Waals surface area contributed by atoms with Crippen molar-refractivity contribution in [1.82, 2.24) is 10.2 Å². The number of hydrogen-bond acceptors (Lipinski definition) is 3. The maximum absolute atomic E-state index is 12.7. The highest BCUT2D eigenvalue weighted by Crippen LogP contribution is 2.19. The molecule has 1 N–H and O–H groups in total. The molecule has 18 heavy (non-hydrogen) atoms. The molecule has 0 amide bonds. The number of nitrogens with one attached hydrogen (secondary N) is 1. The van der Waals surface area contributed by atoms with Crippen molar-refractivity contribution < 1.29 is 9.13 Å². The molecule has 1 aromatic rings. The van der Waals surface area contributed by atoms with Crippen LogP contribution < -0.4 is 10.1 Å². The maximum atomic E-state index is 12.7. The minimum Gasteiger partial charge on any atom is -0.492 e. The van der Waals surface area contributed by atoms with Gasteiger partial charge >= 0.3 is 0 Å². The van der Waals surface area contributed by atoms with Gasteiger partial charge in [-0.05, 0) is 37.1 Å². The number of benzene rings is 1. The second-order valence-corrected chi connectivity index (χ2v) is 5.20. The van der Waals surface area contributed by atoms with Crippen molar-refractivity contribution >= 4 is 0 Å². The van der Waals surface area contributed by atoms with Gasteiger partial charge in [-0.2, -0.15) is 0 Å². The second kappa shape index (κ2) is 5.24. The van der Waals surface area contributed by atoms with E-state index in [-0.39, 0.29) is 5.82 Å². The average Bonchev–Trinajstić information content (AvgIpc) is 2.71. The first-order chi connectivity index (χ1) is 8.79. The Morgan fingerprint density at radius 3 is 2.50 bits per heavy atom. The zero-order valence-corrected chi connectivity index (χ0v) is 10.4. The summed E-state index contributed by atoms with van der Waals surface area (Å²) in [5.74, 6) is 0.524. The topological polar surface area (TPSA) is 24.5 Å². The van der Waals surface area contributed by atoms with E-state index < -0.39 is 0 Å². The van der Waals surface area contributed by atoms with E-state index in [9.17, 15) is 4.39 Å². The molecule has 2 fully saturated rings. The van der Waals surface area contributed by atoms with Crippen molar-refractivity contribution in [2.45, 2.75) is 24.9 Å². The molecule has 2 unspecified atom stereocenters. The van der Waals surface area contributed by atoms with Crippen molar-refractivity contribution in [3.05, 3.63) is 30.1 Å². The van der Waals surface area contributed by atoms with E-state index in [4.69, 9.17) is 4.74 Å². The molecule has 3 nitrogen and oxygen atoms in total. The number of likely N-dealkylation sites (tertiary alicyclic amines) is 1. The van der Waals surface area contributed by atoms with Gasteiger partial charge in [-0.1, -0.05) is 0 Å². The number of fused-ring (bicyclic) bond motifs is 2. The molecule has 3 rings (SSSR count). The number of halogens is 1. The Bertz CT molecular complexity index is 383. The summed E-state index contributed by atoms with van der Waals surface area (Å²) in [6.45, 7) is 3.88. The minimum atomic E-state index is -0.221. The molecule has 2 bridgehead atoms. The van der Waals surface area contributed by atoms with Gasteiger partial charge in [-0.15, -0.1) is 0 Å². The SMILES string of the molecule is Fc1ccc(OCCN2CC3CCC(C2)N3)cc1. The minimum absolute atomic E-state index is 0.221. The molecule has 1 aromatic carbocycles. The first kappa shape index (κ1) is 11.9. The first-order valence-corrected chi connectivity index (χ1v) is 6.66. The van der Waals surface area contributed by atoms with Crippen molar-refractivity contribution in [2.75, 3.05) is 26.2 Å². The second-order valence-electron chi connectivity index (χ2n) is 5.20. The van der Waals surface area contributed by atoms with Crippen LogP contribution in [-0.2, 0) is 0 Å². The van der Waals surface area contributed by atoms with E-state index in [0.29, 0.717) is 18.7 Å². The van der Waals surface area contributed by atoms with Crippen LogP contribution in [0.2, 0.25) is 0 Å². The van der Waals surface area contributed by atoms with Crippen molar-refractivity contribution in [2.24, 2.45) is 0 Å². The molecule has 2 aliphatic heterocycles. The van der Waals surface area contributed by atoms with Gasteiger partial charge in [-0.25, -0.2) is 4.39 Å². The lowest BCUT2D eigenvalue weighted by Gasteiger charge is -2.32. The predicted molar refractivity (Wildman–Crippen MR) is 68.3 cm³/mol. The van der Waals surface area contributed by atoms with Crippen LogP contribution in [0.4, 0.5) is 4.39 Å². The summed E-state index contributed by atoms with van der Waals surface area (Å²) >= 11 is 0. The third-order valence-corrected chi connectivity index (χ3v) is 3.78. The van der Waals surface area contributed by atoms with Gasteiger partial charge in [0.1, 0.15) is 18.2 Å². The van der Waals surface area contributed by atoms with Crippen LogP contribution in [-0.4, -0.2) is 43.2 Å². The van der Waals surface area contributed by atoms with Gasteiger partial charge in [0.15, 0.2) is 0 Å². The van der Waals surface area contributed by atoms with E-state index in [1.54, 1.807) is 12.1 Å². The molecule has 0 aromatic heterocycles. The lowest BCUT2D eigenvalue weighted by molar-refractivity contribution is 0.162. The number of piperazine rings is 1. The Labute approximate surface area is 107 Å². The summed E-state index contributed by atoms with van der Waals surface area (Å²) in [5.41, 5.74) is 0. The number of hydrogen-bond donors (Lipinski definition) is 1. The van der Waals surface area contributed by atoms with E-state index in [1.165, 1.54) is 25.0 Å². The molecule has 0 aliphatic carbocycles. The van der Waals surface area contributed by atoms with Gasteiger partial charge in [-0.3, -0.25) is 4.90 Å². The monoisotopic (exact) mass is 250 g/mol. The van der Waals surface area contributed by atoms with Crippen LogP contribution in [0.3, 0.4) is 0 Å². The lowest BCUT2D eigenvalue weighted by atomic mass is 10.2. The Morgan fingerprint density at radius 2 is 1.83 bits per heavy atom. The van der Waals surface area contributed by atoms with Gasteiger partial charge in [0.05, 0.1) is 0 Å². The molecule has 98 valence electrons. The van der Waals surface area contributed by atoms with Gasteiger partial charge < -0.3 is 10.1 Å². The van der Waals surface area contributed by atoms with Crippen LogP contribution in [0.5, 0.6) is 5.75 Å². The van der Waals surface area contributed by atoms with Crippen LogP contribution in [0, 0.1) is 5.82 Å². The van der Waals surface area contributed by atoms with Crippen molar-refractivity contribution in [3.63, 3.8) is 0 Å².